The number of nitrogens with one attached hydrogen (secondary N) is 2. The molecule has 0 spiro atoms. The van der Waals surface area contributed by atoms with Crippen LogP contribution in [-0.2, 0) is 19.4 Å². The fourth-order valence-corrected chi connectivity index (χ4v) is 3.55. The highest BCUT2D eigenvalue weighted by Crippen LogP contribution is 2.15. The maximum absolute atomic E-state index is 4.41. The number of aromatic nitrogens is 3. The Labute approximate surface area is 162 Å². The third-order valence-corrected chi connectivity index (χ3v) is 5.22. The Kier molecular flexibility index (Phi) is 7.25. The molecule has 0 bridgehead atoms. The van der Waals surface area contributed by atoms with Crippen molar-refractivity contribution in [3.63, 3.8) is 0 Å². The van der Waals surface area contributed by atoms with Gasteiger partial charge in [-0.15, -0.1) is 10.2 Å². The van der Waals surface area contributed by atoms with Gasteiger partial charge in [0, 0.05) is 39.5 Å². The average molecular weight is 369 g/mol. The number of nitrogens with zero attached hydrogens (tertiary/aromatic N) is 4. The Morgan fingerprint density at radius 1 is 1.15 bits per heavy atom. The predicted octanol–water partition coefficient (Wildman–Crippen LogP) is 2.91. The standard InChI is InChI=1S/C21H32N6/c1-17(18-10-5-3-6-11-18)16-24-21(22-2)23-14-9-13-20-26-25-19-12-7-4-8-15-27(19)20/h3,5-6,10-11,17H,4,7-9,12-16H2,1-2H3,(H2,22,23,24). The van der Waals surface area contributed by atoms with E-state index >= 15 is 0 Å². The second-order valence-electron chi connectivity index (χ2n) is 7.29. The van der Waals surface area contributed by atoms with Gasteiger partial charge in [-0.2, -0.15) is 0 Å². The summed E-state index contributed by atoms with van der Waals surface area (Å²) in [6.45, 7) is 5.04. The largest absolute Gasteiger partial charge is 0.356 e. The number of aliphatic imine (C=N–C) groups is 1. The summed E-state index contributed by atoms with van der Waals surface area (Å²) in [5.41, 5.74) is 1.34. The maximum Gasteiger partial charge on any atom is 0.190 e. The Bertz CT molecular complexity index is 722. The van der Waals surface area contributed by atoms with Crippen molar-refractivity contribution >= 4 is 5.96 Å². The summed E-state index contributed by atoms with van der Waals surface area (Å²) < 4.78 is 2.33. The van der Waals surface area contributed by atoms with Gasteiger partial charge < -0.3 is 15.2 Å². The fourth-order valence-electron chi connectivity index (χ4n) is 3.55. The highest BCUT2D eigenvalue weighted by molar-refractivity contribution is 5.79. The van der Waals surface area contributed by atoms with E-state index in [4.69, 9.17) is 0 Å². The van der Waals surface area contributed by atoms with Crippen LogP contribution in [0.5, 0.6) is 0 Å². The van der Waals surface area contributed by atoms with Crippen LogP contribution in [0.3, 0.4) is 0 Å². The number of hydrogen-bond acceptors (Lipinski definition) is 3. The van der Waals surface area contributed by atoms with Crippen LogP contribution < -0.4 is 10.6 Å². The minimum atomic E-state index is 0.441. The predicted molar refractivity (Wildman–Crippen MR) is 110 cm³/mol. The molecular weight excluding hydrogens is 336 g/mol. The molecule has 0 amide bonds. The van der Waals surface area contributed by atoms with Gasteiger partial charge in [0.1, 0.15) is 11.6 Å². The van der Waals surface area contributed by atoms with Crippen LogP contribution in [0.25, 0.3) is 0 Å². The maximum atomic E-state index is 4.41. The van der Waals surface area contributed by atoms with Gasteiger partial charge in [-0.1, -0.05) is 43.7 Å². The van der Waals surface area contributed by atoms with Crippen LogP contribution in [0.1, 0.15) is 55.7 Å². The lowest BCUT2D eigenvalue weighted by atomic mass is 10.0. The molecule has 0 fully saturated rings. The van der Waals surface area contributed by atoms with Crippen molar-refractivity contribution in [2.24, 2.45) is 4.99 Å². The molecule has 6 nitrogen and oxygen atoms in total. The Hall–Kier alpha value is -2.37. The Balaban J connectivity index is 1.39. The van der Waals surface area contributed by atoms with Gasteiger partial charge >= 0.3 is 0 Å². The minimum Gasteiger partial charge on any atom is -0.356 e. The molecule has 1 unspecified atom stereocenters. The molecule has 1 aromatic carbocycles. The minimum absolute atomic E-state index is 0.441. The third-order valence-electron chi connectivity index (χ3n) is 5.22. The van der Waals surface area contributed by atoms with Crippen molar-refractivity contribution in [3.8, 4) is 0 Å². The van der Waals surface area contributed by atoms with Gasteiger partial charge in [-0.05, 0) is 30.7 Å². The molecule has 2 N–H and O–H groups in total. The Morgan fingerprint density at radius 2 is 2.00 bits per heavy atom. The van der Waals surface area contributed by atoms with E-state index in [9.17, 15) is 0 Å². The molecule has 3 rings (SSSR count). The van der Waals surface area contributed by atoms with Gasteiger partial charge in [-0.3, -0.25) is 4.99 Å². The van der Waals surface area contributed by atoms with E-state index in [-0.39, 0.29) is 0 Å². The lowest BCUT2D eigenvalue weighted by molar-refractivity contribution is 0.593. The Morgan fingerprint density at radius 3 is 2.81 bits per heavy atom. The molecule has 1 aromatic heterocycles. The monoisotopic (exact) mass is 368 g/mol. The smallest absolute Gasteiger partial charge is 0.190 e. The van der Waals surface area contributed by atoms with Crippen LogP contribution in [0.4, 0.5) is 0 Å². The summed E-state index contributed by atoms with van der Waals surface area (Å²) in [6.07, 6.45) is 6.83. The lowest BCUT2D eigenvalue weighted by Crippen LogP contribution is -2.39. The summed E-state index contributed by atoms with van der Waals surface area (Å²) in [7, 11) is 1.82. The van der Waals surface area contributed by atoms with Crippen molar-refractivity contribution in [3.05, 3.63) is 47.5 Å². The molecule has 1 atom stereocenters. The van der Waals surface area contributed by atoms with Crippen LogP contribution in [0.15, 0.2) is 35.3 Å². The fraction of sp³-hybridized carbons (Fsp3) is 0.571. The molecule has 1 aliphatic rings. The first kappa shape index (κ1) is 19.4. The van der Waals surface area contributed by atoms with E-state index in [1.54, 1.807) is 0 Å². The summed E-state index contributed by atoms with van der Waals surface area (Å²) in [5, 5.41) is 15.6. The van der Waals surface area contributed by atoms with E-state index < -0.39 is 0 Å². The van der Waals surface area contributed by atoms with Crippen molar-refractivity contribution in [1.29, 1.82) is 0 Å². The highest BCUT2D eigenvalue weighted by atomic mass is 15.3. The van der Waals surface area contributed by atoms with Crippen LogP contribution in [0, 0.1) is 0 Å². The molecule has 6 heteroatoms. The molecule has 0 aliphatic carbocycles. The summed E-state index contributed by atoms with van der Waals surface area (Å²) in [6, 6.07) is 10.6. The van der Waals surface area contributed by atoms with Gasteiger partial charge in [0.25, 0.3) is 0 Å². The summed E-state index contributed by atoms with van der Waals surface area (Å²) >= 11 is 0. The molecule has 2 aromatic rings. The van der Waals surface area contributed by atoms with Gasteiger partial charge in [-0.25, -0.2) is 0 Å². The lowest BCUT2D eigenvalue weighted by Gasteiger charge is -2.16. The van der Waals surface area contributed by atoms with Crippen LogP contribution in [-0.4, -0.2) is 40.9 Å². The molecule has 0 saturated heterocycles. The molecule has 2 heterocycles. The quantitative estimate of drug-likeness (QED) is 0.448. The topological polar surface area (TPSA) is 67.1 Å². The number of fused-ring (bicyclic) bond motifs is 1. The molecule has 0 radical (unpaired) electrons. The number of hydrogen-bond donors (Lipinski definition) is 2. The van der Waals surface area contributed by atoms with E-state index in [0.29, 0.717) is 5.92 Å². The van der Waals surface area contributed by atoms with E-state index in [1.165, 1.54) is 30.7 Å². The second-order valence-corrected chi connectivity index (χ2v) is 7.29. The van der Waals surface area contributed by atoms with Gasteiger partial charge in [0.2, 0.25) is 0 Å². The second kappa shape index (κ2) is 10.1. The van der Waals surface area contributed by atoms with Crippen LogP contribution >= 0.6 is 0 Å². The number of rotatable bonds is 7. The average Bonchev–Trinajstić information content (AvgIpc) is 2.94. The third kappa shape index (κ3) is 5.55. The highest BCUT2D eigenvalue weighted by Gasteiger charge is 2.14. The first-order valence-corrected chi connectivity index (χ1v) is 10.2. The van der Waals surface area contributed by atoms with Gasteiger partial charge in [0.15, 0.2) is 5.96 Å². The molecular formula is C21H32N6. The van der Waals surface area contributed by atoms with E-state index in [1.807, 2.05) is 7.05 Å². The summed E-state index contributed by atoms with van der Waals surface area (Å²) in [5.74, 6) is 3.60. The summed E-state index contributed by atoms with van der Waals surface area (Å²) in [4.78, 5) is 4.33. The molecule has 146 valence electrons. The van der Waals surface area contributed by atoms with Crippen molar-refractivity contribution < 1.29 is 0 Å². The zero-order valence-electron chi connectivity index (χ0n) is 16.6. The van der Waals surface area contributed by atoms with Crippen molar-refractivity contribution in [2.45, 2.75) is 57.9 Å². The first-order chi connectivity index (χ1) is 13.3. The molecule has 1 aliphatic heterocycles. The SMILES string of the molecule is CN=C(NCCCc1nnc2n1CCCCC2)NCC(C)c1ccccc1. The number of aryl methyl sites for hydroxylation is 2. The van der Waals surface area contributed by atoms with Crippen molar-refractivity contribution in [1.82, 2.24) is 25.4 Å². The van der Waals surface area contributed by atoms with E-state index in [2.05, 4.69) is 67.6 Å². The zero-order chi connectivity index (χ0) is 18.9. The first-order valence-electron chi connectivity index (χ1n) is 10.2. The molecule has 27 heavy (non-hydrogen) atoms. The van der Waals surface area contributed by atoms with E-state index in [0.717, 1.165) is 50.7 Å². The number of benzene rings is 1. The normalized spacial score (nSPS) is 15.7. The van der Waals surface area contributed by atoms with Crippen molar-refractivity contribution in [2.75, 3.05) is 20.1 Å². The van der Waals surface area contributed by atoms with Gasteiger partial charge in [0.05, 0.1) is 0 Å². The zero-order valence-corrected chi connectivity index (χ0v) is 16.6. The number of guanidine groups is 1. The van der Waals surface area contributed by atoms with Crippen LogP contribution in [0.2, 0.25) is 0 Å². The molecule has 0 saturated carbocycles.